The van der Waals surface area contributed by atoms with Crippen LogP contribution in [-0.4, -0.2) is 16.8 Å². The van der Waals surface area contributed by atoms with E-state index in [9.17, 15) is 14.0 Å². The van der Waals surface area contributed by atoms with Gasteiger partial charge in [-0.1, -0.05) is 0 Å². The maximum absolute atomic E-state index is 13.7. The van der Waals surface area contributed by atoms with Crippen molar-refractivity contribution in [2.75, 3.05) is 5.32 Å². The molecule has 2 amide bonds. The van der Waals surface area contributed by atoms with Crippen LogP contribution in [0.1, 0.15) is 46.7 Å². The molecular weight excluding hydrogens is 329 g/mol. The minimum Gasteiger partial charge on any atom is -0.341 e. The number of carbonyl (C=O) groups is 2. The number of nitrogens with one attached hydrogen (secondary N) is 2. The van der Waals surface area contributed by atoms with Crippen LogP contribution in [0, 0.1) is 19.7 Å². The fourth-order valence-corrected chi connectivity index (χ4v) is 3.07. The van der Waals surface area contributed by atoms with Gasteiger partial charge in [0.1, 0.15) is 10.8 Å². The Hall–Kier alpha value is -2.28. The fraction of sp³-hybridized carbons (Fsp3) is 0.353. The molecule has 0 unspecified atom stereocenters. The number of hydrogen-bond acceptors (Lipinski definition) is 4. The van der Waals surface area contributed by atoms with Crippen LogP contribution in [0.25, 0.3) is 0 Å². The van der Waals surface area contributed by atoms with Crippen LogP contribution in [0.15, 0.2) is 18.2 Å². The lowest BCUT2D eigenvalue weighted by Crippen LogP contribution is -2.41. The zero-order chi connectivity index (χ0) is 18.1. The topological polar surface area (TPSA) is 71.1 Å². The highest BCUT2D eigenvalue weighted by atomic mass is 32.1. The van der Waals surface area contributed by atoms with Gasteiger partial charge in [0.25, 0.3) is 5.91 Å². The van der Waals surface area contributed by atoms with Crippen LogP contribution in [-0.2, 0) is 10.3 Å². The summed E-state index contributed by atoms with van der Waals surface area (Å²) in [7, 11) is 0. The third-order valence-corrected chi connectivity index (χ3v) is 4.93. The van der Waals surface area contributed by atoms with Gasteiger partial charge in [0.2, 0.25) is 5.91 Å². The number of thiazole rings is 1. The summed E-state index contributed by atoms with van der Waals surface area (Å²) in [5.74, 6) is -1.36. The zero-order valence-electron chi connectivity index (χ0n) is 14.3. The number of anilines is 1. The molecule has 2 N–H and O–H groups in total. The number of hydrogen-bond donors (Lipinski definition) is 2. The van der Waals surface area contributed by atoms with Crippen molar-refractivity contribution in [1.82, 2.24) is 10.3 Å². The Bertz CT molecular complexity index is 780. The number of nitrogens with zero attached hydrogens (tertiary/aromatic N) is 1. The highest BCUT2D eigenvalue weighted by molar-refractivity contribution is 7.11. The first kappa shape index (κ1) is 18.1. The van der Waals surface area contributed by atoms with Gasteiger partial charge in [0, 0.05) is 17.4 Å². The normalized spacial score (nSPS) is 11.2. The number of halogens is 1. The molecule has 1 aromatic heterocycles. The summed E-state index contributed by atoms with van der Waals surface area (Å²) in [6, 6.07) is 3.86. The molecule has 0 aliphatic rings. The lowest BCUT2D eigenvalue weighted by atomic mass is 10.1. The Morgan fingerprint density at radius 1 is 1.25 bits per heavy atom. The molecule has 0 atom stereocenters. The molecule has 0 aliphatic carbocycles. The summed E-state index contributed by atoms with van der Waals surface area (Å²) in [5, 5.41) is 6.07. The van der Waals surface area contributed by atoms with Crippen molar-refractivity contribution >= 4 is 28.8 Å². The minimum atomic E-state index is -0.663. The molecule has 5 nitrogen and oxygen atoms in total. The van der Waals surface area contributed by atoms with Crippen molar-refractivity contribution < 1.29 is 14.0 Å². The molecule has 0 bridgehead atoms. The fourth-order valence-electron chi connectivity index (χ4n) is 2.10. The molecule has 128 valence electrons. The van der Waals surface area contributed by atoms with E-state index in [-0.39, 0.29) is 17.2 Å². The Morgan fingerprint density at radius 3 is 2.46 bits per heavy atom. The Kier molecular flexibility index (Phi) is 5.03. The van der Waals surface area contributed by atoms with Gasteiger partial charge in [-0.15, -0.1) is 11.3 Å². The number of benzene rings is 1. The lowest BCUT2D eigenvalue weighted by molar-refractivity contribution is -0.114. The second-order valence-corrected chi connectivity index (χ2v) is 7.32. The van der Waals surface area contributed by atoms with Crippen LogP contribution in [0.5, 0.6) is 0 Å². The molecular formula is C17H20FN3O2S. The molecule has 24 heavy (non-hydrogen) atoms. The summed E-state index contributed by atoms with van der Waals surface area (Å²) < 4.78 is 13.7. The molecule has 1 aromatic carbocycles. The first-order valence-electron chi connectivity index (χ1n) is 7.44. The van der Waals surface area contributed by atoms with E-state index in [4.69, 9.17) is 0 Å². The third-order valence-electron chi connectivity index (χ3n) is 3.53. The Labute approximate surface area is 144 Å². The molecule has 0 radical (unpaired) electrons. The van der Waals surface area contributed by atoms with Gasteiger partial charge in [-0.2, -0.15) is 0 Å². The van der Waals surface area contributed by atoms with Gasteiger partial charge >= 0.3 is 0 Å². The van der Waals surface area contributed by atoms with Crippen LogP contribution < -0.4 is 10.6 Å². The van der Waals surface area contributed by atoms with Gasteiger partial charge in [-0.05, 0) is 45.9 Å². The number of aryl methyl sites for hydroxylation is 2. The van der Waals surface area contributed by atoms with Crippen LogP contribution >= 0.6 is 11.3 Å². The average Bonchev–Trinajstić information content (AvgIpc) is 2.81. The van der Waals surface area contributed by atoms with E-state index in [2.05, 4.69) is 15.6 Å². The molecule has 0 saturated heterocycles. The molecule has 7 heteroatoms. The Morgan fingerprint density at radius 2 is 1.92 bits per heavy atom. The first-order chi connectivity index (χ1) is 11.1. The molecule has 1 heterocycles. The summed E-state index contributed by atoms with van der Waals surface area (Å²) in [4.78, 5) is 29.2. The summed E-state index contributed by atoms with van der Waals surface area (Å²) >= 11 is 1.53. The Balaban J connectivity index is 2.24. The van der Waals surface area contributed by atoms with Crippen LogP contribution in [0.4, 0.5) is 10.1 Å². The zero-order valence-corrected chi connectivity index (χ0v) is 15.1. The quantitative estimate of drug-likeness (QED) is 0.887. The van der Waals surface area contributed by atoms with Crippen molar-refractivity contribution in [2.24, 2.45) is 0 Å². The van der Waals surface area contributed by atoms with Crippen molar-refractivity contribution in [3.05, 3.63) is 45.2 Å². The third kappa shape index (κ3) is 3.97. The smallest absolute Gasteiger partial charge is 0.252 e. The maximum Gasteiger partial charge on any atom is 0.252 e. The molecule has 2 rings (SSSR count). The van der Waals surface area contributed by atoms with Crippen molar-refractivity contribution in [1.29, 1.82) is 0 Å². The number of aromatic nitrogens is 1. The van der Waals surface area contributed by atoms with E-state index >= 15 is 0 Å². The second kappa shape index (κ2) is 6.68. The standard InChI is InChI=1S/C17H20FN3O2S/c1-9-10(2)24-16(19-9)17(4,5)21-15(23)12-6-7-13(18)14(8-12)20-11(3)22/h6-8H,1-5H3,(H,20,22)(H,21,23). The number of carbonyl (C=O) groups excluding carboxylic acids is 2. The second-order valence-electron chi connectivity index (χ2n) is 6.12. The number of rotatable bonds is 4. The maximum atomic E-state index is 13.7. The van der Waals surface area contributed by atoms with Gasteiger partial charge in [0.05, 0.1) is 16.9 Å². The monoisotopic (exact) mass is 349 g/mol. The molecule has 0 spiro atoms. The van der Waals surface area contributed by atoms with E-state index in [1.54, 1.807) is 0 Å². The SMILES string of the molecule is CC(=O)Nc1cc(C(=O)NC(C)(C)c2nc(C)c(C)s2)ccc1F. The van der Waals surface area contributed by atoms with Crippen molar-refractivity contribution in [2.45, 2.75) is 40.2 Å². The predicted molar refractivity (Wildman–Crippen MR) is 92.8 cm³/mol. The van der Waals surface area contributed by atoms with E-state index in [1.165, 1.54) is 30.4 Å². The summed E-state index contributed by atoms with van der Waals surface area (Å²) in [6.07, 6.45) is 0. The van der Waals surface area contributed by atoms with Gasteiger partial charge in [-0.3, -0.25) is 9.59 Å². The van der Waals surface area contributed by atoms with Gasteiger partial charge < -0.3 is 10.6 Å². The van der Waals surface area contributed by atoms with Crippen LogP contribution in [0.2, 0.25) is 0 Å². The minimum absolute atomic E-state index is 0.0195. The van der Waals surface area contributed by atoms with E-state index in [1.807, 2.05) is 27.7 Å². The van der Waals surface area contributed by atoms with Crippen molar-refractivity contribution in [3.8, 4) is 0 Å². The van der Waals surface area contributed by atoms with Crippen molar-refractivity contribution in [3.63, 3.8) is 0 Å². The highest BCUT2D eigenvalue weighted by Gasteiger charge is 2.27. The summed E-state index contributed by atoms with van der Waals surface area (Å²) in [5.41, 5.74) is 0.516. The number of amides is 2. The highest BCUT2D eigenvalue weighted by Crippen LogP contribution is 2.27. The van der Waals surface area contributed by atoms with Gasteiger partial charge in [0.15, 0.2) is 0 Å². The average molecular weight is 349 g/mol. The largest absolute Gasteiger partial charge is 0.341 e. The van der Waals surface area contributed by atoms with E-state index < -0.39 is 17.3 Å². The molecule has 0 fully saturated rings. The molecule has 2 aromatic rings. The predicted octanol–water partition coefficient (Wildman–Crippen LogP) is 3.52. The summed E-state index contributed by atoms with van der Waals surface area (Å²) in [6.45, 7) is 8.91. The van der Waals surface area contributed by atoms with Crippen LogP contribution in [0.3, 0.4) is 0 Å². The lowest BCUT2D eigenvalue weighted by Gasteiger charge is -2.24. The molecule has 0 aliphatic heterocycles. The van der Waals surface area contributed by atoms with E-state index in [0.29, 0.717) is 0 Å². The first-order valence-corrected chi connectivity index (χ1v) is 8.26. The van der Waals surface area contributed by atoms with E-state index in [0.717, 1.165) is 21.6 Å². The molecule has 0 saturated carbocycles. The van der Waals surface area contributed by atoms with Gasteiger partial charge in [-0.25, -0.2) is 9.37 Å².